The van der Waals surface area contributed by atoms with E-state index in [1.165, 1.54) is 12.1 Å². The summed E-state index contributed by atoms with van der Waals surface area (Å²) < 4.78 is 24.7. The van der Waals surface area contributed by atoms with E-state index in [0.29, 0.717) is 29.9 Å². The Balaban J connectivity index is 3.23. The molecule has 0 radical (unpaired) electrons. The van der Waals surface area contributed by atoms with Crippen molar-refractivity contribution in [1.29, 1.82) is 0 Å². The highest BCUT2D eigenvalue weighted by Gasteiger charge is 2.35. The average molecular weight is 342 g/mol. The molecule has 0 spiro atoms. The van der Waals surface area contributed by atoms with Crippen molar-refractivity contribution < 1.29 is 8.91 Å². The van der Waals surface area contributed by atoms with Crippen LogP contribution in [0.3, 0.4) is 0 Å². The van der Waals surface area contributed by atoms with Crippen molar-refractivity contribution in [2.75, 3.05) is 0 Å². The zero-order valence-corrected chi connectivity index (χ0v) is 16.6. The molecule has 0 aromatic heterocycles. The number of rotatable bonds is 8. The molecule has 0 N–H and O–H groups in total. The van der Waals surface area contributed by atoms with E-state index in [4.69, 9.17) is 4.52 Å². The number of hydrogen-bond donors (Lipinski definition) is 0. The third-order valence-corrected chi connectivity index (χ3v) is 6.51. The van der Waals surface area contributed by atoms with Crippen LogP contribution >= 0.6 is 8.45 Å². The van der Waals surface area contributed by atoms with Crippen LogP contribution in [-0.4, -0.2) is 33.5 Å². The van der Waals surface area contributed by atoms with E-state index in [1.54, 1.807) is 6.07 Å². The minimum Gasteiger partial charge on any atom is -0.444 e. The summed E-state index contributed by atoms with van der Waals surface area (Å²) in [5, 5.41) is 0. The molecule has 1 rings (SSSR count). The van der Waals surface area contributed by atoms with Gasteiger partial charge in [-0.15, -0.1) is 0 Å². The molecule has 3 nitrogen and oxygen atoms in total. The van der Waals surface area contributed by atoms with Crippen LogP contribution in [0.1, 0.15) is 55.4 Å². The van der Waals surface area contributed by atoms with Gasteiger partial charge in [0, 0.05) is 30.2 Å². The Bertz CT molecular complexity index is 444. The predicted octanol–water partition coefficient (Wildman–Crippen LogP) is 5.67. The Morgan fingerprint density at radius 3 is 1.61 bits per heavy atom. The van der Waals surface area contributed by atoms with Crippen molar-refractivity contribution in [3.05, 3.63) is 30.1 Å². The first-order chi connectivity index (χ1) is 10.6. The normalized spacial score (nSPS) is 12.7. The predicted molar refractivity (Wildman–Crippen MR) is 98.2 cm³/mol. The second-order valence-electron chi connectivity index (χ2n) is 6.94. The van der Waals surface area contributed by atoms with E-state index in [1.807, 2.05) is 6.07 Å². The highest BCUT2D eigenvalue weighted by molar-refractivity contribution is 7.47. The number of nitrogens with zero attached hydrogens (tertiary/aromatic N) is 2. The van der Waals surface area contributed by atoms with Crippen molar-refractivity contribution in [3.63, 3.8) is 0 Å². The van der Waals surface area contributed by atoms with Gasteiger partial charge < -0.3 is 4.52 Å². The molecule has 0 atom stereocenters. The smallest absolute Gasteiger partial charge is 0.249 e. The van der Waals surface area contributed by atoms with Crippen LogP contribution < -0.4 is 4.52 Å². The maximum atomic E-state index is 13.6. The third kappa shape index (κ3) is 5.70. The summed E-state index contributed by atoms with van der Waals surface area (Å²) in [6.07, 6.45) is 0. The van der Waals surface area contributed by atoms with E-state index >= 15 is 0 Å². The molecule has 0 saturated heterocycles. The largest absolute Gasteiger partial charge is 0.444 e. The Labute approximate surface area is 142 Å². The Morgan fingerprint density at radius 2 is 1.26 bits per heavy atom. The van der Waals surface area contributed by atoms with E-state index in [2.05, 4.69) is 64.7 Å². The molecule has 132 valence electrons. The maximum Gasteiger partial charge on any atom is 0.249 e. The highest BCUT2D eigenvalue weighted by Crippen LogP contribution is 2.50. The van der Waals surface area contributed by atoms with Crippen LogP contribution in [-0.2, 0) is 0 Å². The van der Waals surface area contributed by atoms with Crippen molar-refractivity contribution in [1.82, 2.24) is 9.34 Å². The topological polar surface area (TPSA) is 15.7 Å². The van der Waals surface area contributed by atoms with Crippen molar-refractivity contribution in [3.8, 4) is 5.75 Å². The summed E-state index contributed by atoms with van der Waals surface area (Å²) in [4.78, 5) is 0. The molecule has 1 aromatic carbocycles. The monoisotopic (exact) mass is 342 g/mol. The lowest BCUT2D eigenvalue weighted by Gasteiger charge is -2.45. The first-order valence-electron chi connectivity index (χ1n) is 8.45. The highest BCUT2D eigenvalue weighted by atomic mass is 31.2. The van der Waals surface area contributed by atoms with Gasteiger partial charge in [-0.1, -0.05) is 6.07 Å². The van der Waals surface area contributed by atoms with E-state index in [0.717, 1.165) is 0 Å². The van der Waals surface area contributed by atoms with Gasteiger partial charge in [-0.25, -0.2) is 13.7 Å². The molecular weight excluding hydrogens is 310 g/mol. The molecule has 0 unspecified atom stereocenters. The van der Waals surface area contributed by atoms with Crippen LogP contribution in [0, 0.1) is 5.82 Å². The maximum absolute atomic E-state index is 13.6. The molecule has 0 bridgehead atoms. The fourth-order valence-electron chi connectivity index (χ4n) is 2.81. The van der Waals surface area contributed by atoms with Gasteiger partial charge >= 0.3 is 0 Å². The van der Waals surface area contributed by atoms with Gasteiger partial charge in [0.25, 0.3) is 0 Å². The zero-order valence-electron chi connectivity index (χ0n) is 15.7. The molecule has 0 aliphatic carbocycles. The Hall–Kier alpha value is -0.700. The standard InChI is InChI=1S/C18H32FN2OP/c1-13(2)20(14(3)4)23(21(15(5)6)16(7)8)22-18-11-9-10-17(19)12-18/h9-16H,1-8H3. The van der Waals surface area contributed by atoms with E-state index in [-0.39, 0.29) is 5.82 Å². The quantitative estimate of drug-likeness (QED) is 0.566. The lowest BCUT2D eigenvalue weighted by atomic mass is 10.3. The van der Waals surface area contributed by atoms with Gasteiger partial charge in [0.1, 0.15) is 11.6 Å². The summed E-state index contributed by atoms with van der Waals surface area (Å²) >= 11 is 0. The van der Waals surface area contributed by atoms with Gasteiger partial charge in [-0.3, -0.25) is 0 Å². The lowest BCUT2D eigenvalue weighted by molar-refractivity contribution is 0.225. The molecule has 0 heterocycles. The van der Waals surface area contributed by atoms with Crippen molar-refractivity contribution >= 4 is 8.45 Å². The lowest BCUT2D eigenvalue weighted by Crippen LogP contribution is -2.44. The molecule has 0 aliphatic heterocycles. The molecule has 5 heteroatoms. The van der Waals surface area contributed by atoms with Crippen molar-refractivity contribution in [2.24, 2.45) is 0 Å². The number of benzene rings is 1. The third-order valence-electron chi connectivity index (χ3n) is 3.49. The van der Waals surface area contributed by atoms with Crippen LogP contribution in [0.15, 0.2) is 24.3 Å². The first-order valence-corrected chi connectivity index (χ1v) is 9.61. The zero-order chi connectivity index (χ0) is 17.7. The Morgan fingerprint density at radius 1 is 0.826 bits per heavy atom. The first kappa shape index (κ1) is 20.3. The summed E-state index contributed by atoms with van der Waals surface area (Å²) in [6, 6.07) is 7.81. The molecule has 23 heavy (non-hydrogen) atoms. The second kappa shape index (κ2) is 8.96. The summed E-state index contributed by atoms with van der Waals surface area (Å²) in [6.45, 7) is 17.5. The van der Waals surface area contributed by atoms with Crippen LogP contribution in [0.25, 0.3) is 0 Å². The van der Waals surface area contributed by atoms with Crippen molar-refractivity contribution in [2.45, 2.75) is 79.6 Å². The van der Waals surface area contributed by atoms with Crippen LogP contribution in [0.2, 0.25) is 0 Å². The van der Waals surface area contributed by atoms with Gasteiger partial charge in [0.05, 0.1) is 0 Å². The fourth-order valence-corrected chi connectivity index (χ4v) is 5.12. The second-order valence-corrected chi connectivity index (χ2v) is 8.55. The van der Waals surface area contributed by atoms with Crippen LogP contribution in [0.4, 0.5) is 4.39 Å². The molecule has 0 amide bonds. The van der Waals surface area contributed by atoms with E-state index < -0.39 is 8.45 Å². The Kier molecular flexibility index (Phi) is 7.93. The summed E-state index contributed by atoms with van der Waals surface area (Å²) in [5.74, 6) is 0.326. The molecule has 0 aliphatic rings. The van der Waals surface area contributed by atoms with E-state index in [9.17, 15) is 4.39 Å². The number of halogens is 1. The minimum atomic E-state index is -1.03. The SMILES string of the molecule is CC(C)N(C(C)C)P(Oc1cccc(F)c1)N(C(C)C)C(C)C. The van der Waals surface area contributed by atoms with Gasteiger partial charge in [-0.2, -0.15) is 0 Å². The van der Waals surface area contributed by atoms with Gasteiger partial charge in [0.15, 0.2) is 0 Å². The minimum absolute atomic E-state index is 0.265. The molecule has 0 saturated carbocycles. The molecule has 0 fully saturated rings. The van der Waals surface area contributed by atoms with Crippen LogP contribution in [0.5, 0.6) is 5.75 Å². The molecular formula is C18H32FN2OP. The summed E-state index contributed by atoms with van der Waals surface area (Å²) in [5.41, 5.74) is 0. The fraction of sp³-hybridized carbons (Fsp3) is 0.667. The average Bonchev–Trinajstić information content (AvgIpc) is 2.36. The van der Waals surface area contributed by atoms with Gasteiger partial charge in [0.2, 0.25) is 8.45 Å². The summed E-state index contributed by atoms with van der Waals surface area (Å²) in [7, 11) is -1.03. The molecule has 1 aromatic rings. The van der Waals surface area contributed by atoms with Gasteiger partial charge in [-0.05, 0) is 67.5 Å². The number of hydrogen-bond acceptors (Lipinski definition) is 3.